The van der Waals surface area contributed by atoms with Gasteiger partial charge in [-0.05, 0) is 51.7 Å². The zero-order valence-electron chi connectivity index (χ0n) is 10.9. The van der Waals surface area contributed by atoms with Crippen molar-refractivity contribution in [2.75, 3.05) is 5.32 Å². The second-order valence-corrected chi connectivity index (χ2v) is 5.39. The third-order valence-corrected chi connectivity index (χ3v) is 3.41. The molecule has 2 rings (SSSR count). The Bertz CT molecular complexity index is 584. The first-order valence-electron chi connectivity index (χ1n) is 6.21. The number of benzene rings is 1. The molecule has 0 fully saturated rings. The summed E-state index contributed by atoms with van der Waals surface area (Å²) in [7, 11) is 0. The molecule has 0 saturated carbocycles. The molecule has 1 unspecified atom stereocenters. The Hall–Kier alpha value is -1.75. The average Bonchev–Trinajstić information content (AvgIpc) is 2.42. The molecular formula is C15H14BrFN2O. The van der Waals surface area contributed by atoms with Gasteiger partial charge in [-0.25, -0.2) is 9.37 Å². The molecule has 5 heteroatoms. The van der Waals surface area contributed by atoms with Gasteiger partial charge >= 0.3 is 0 Å². The van der Waals surface area contributed by atoms with Crippen LogP contribution >= 0.6 is 15.9 Å². The summed E-state index contributed by atoms with van der Waals surface area (Å²) in [6, 6.07) is 9.75. The van der Waals surface area contributed by atoms with Crippen LogP contribution in [0.4, 0.5) is 10.1 Å². The molecule has 1 aromatic carbocycles. The van der Waals surface area contributed by atoms with Gasteiger partial charge in [0.05, 0.1) is 11.9 Å². The van der Waals surface area contributed by atoms with Gasteiger partial charge in [0.15, 0.2) is 0 Å². The van der Waals surface area contributed by atoms with Crippen molar-refractivity contribution in [3.63, 3.8) is 0 Å². The first kappa shape index (κ1) is 14.7. The van der Waals surface area contributed by atoms with Crippen LogP contribution in [0.1, 0.15) is 24.8 Å². The van der Waals surface area contributed by atoms with Crippen LogP contribution < -0.4 is 5.32 Å². The van der Waals surface area contributed by atoms with E-state index < -0.39 is 0 Å². The summed E-state index contributed by atoms with van der Waals surface area (Å²) in [5.41, 5.74) is 1.60. The lowest BCUT2D eigenvalue weighted by Crippen LogP contribution is -2.14. The minimum atomic E-state index is -0.272. The lowest BCUT2D eigenvalue weighted by molar-refractivity contribution is -0.116. The lowest BCUT2D eigenvalue weighted by Gasteiger charge is -2.12. The van der Waals surface area contributed by atoms with E-state index in [0.717, 1.165) is 10.2 Å². The van der Waals surface area contributed by atoms with Crippen molar-refractivity contribution in [1.82, 2.24) is 4.98 Å². The lowest BCUT2D eigenvalue weighted by atomic mass is 9.97. The van der Waals surface area contributed by atoms with E-state index in [1.54, 1.807) is 30.5 Å². The summed E-state index contributed by atoms with van der Waals surface area (Å²) in [6.45, 7) is 1.94. The third kappa shape index (κ3) is 4.13. The van der Waals surface area contributed by atoms with Crippen molar-refractivity contribution < 1.29 is 9.18 Å². The van der Waals surface area contributed by atoms with Crippen LogP contribution in [-0.2, 0) is 4.79 Å². The van der Waals surface area contributed by atoms with Crippen molar-refractivity contribution in [3.05, 3.63) is 58.6 Å². The number of nitrogens with zero attached hydrogens (tertiary/aromatic N) is 1. The van der Waals surface area contributed by atoms with E-state index in [9.17, 15) is 9.18 Å². The number of anilines is 1. The molecule has 1 atom stereocenters. The van der Waals surface area contributed by atoms with E-state index in [0.29, 0.717) is 12.1 Å². The number of aromatic nitrogens is 1. The number of pyridine rings is 1. The highest BCUT2D eigenvalue weighted by molar-refractivity contribution is 9.10. The van der Waals surface area contributed by atoms with Gasteiger partial charge in [-0.3, -0.25) is 4.79 Å². The summed E-state index contributed by atoms with van der Waals surface area (Å²) < 4.78 is 13.6. The Morgan fingerprint density at radius 3 is 2.60 bits per heavy atom. The Balaban J connectivity index is 1.93. The van der Waals surface area contributed by atoms with Gasteiger partial charge in [-0.1, -0.05) is 19.1 Å². The van der Waals surface area contributed by atoms with E-state index >= 15 is 0 Å². The summed E-state index contributed by atoms with van der Waals surface area (Å²) in [6.07, 6.45) is 1.92. The minimum Gasteiger partial charge on any atom is -0.325 e. The maximum Gasteiger partial charge on any atom is 0.225 e. The Kier molecular flexibility index (Phi) is 4.84. The largest absolute Gasteiger partial charge is 0.325 e. The van der Waals surface area contributed by atoms with Gasteiger partial charge < -0.3 is 5.32 Å². The second-order valence-electron chi connectivity index (χ2n) is 4.57. The van der Waals surface area contributed by atoms with E-state index in [2.05, 4.69) is 26.2 Å². The van der Waals surface area contributed by atoms with Crippen molar-refractivity contribution >= 4 is 27.5 Å². The molecule has 1 heterocycles. The van der Waals surface area contributed by atoms with Crippen LogP contribution in [-0.4, -0.2) is 10.9 Å². The molecule has 2 aromatic rings. The normalized spacial score (nSPS) is 11.9. The molecule has 1 amide bonds. The van der Waals surface area contributed by atoms with E-state index in [1.807, 2.05) is 6.92 Å². The molecule has 1 N–H and O–H groups in total. The summed E-state index contributed by atoms with van der Waals surface area (Å²) in [5.74, 6) is -0.337. The zero-order valence-corrected chi connectivity index (χ0v) is 12.5. The average molecular weight is 337 g/mol. The molecule has 1 aromatic heterocycles. The summed E-state index contributed by atoms with van der Waals surface area (Å²) in [4.78, 5) is 16.0. The fourth-order valence-electron chi connectivity index (χ4n) is 1.85. The van der Waals surface area contributed by atoms with Crippen LogP contribution in [0.2, 0.25) is 0 Å². The molecule has 104 valence electrons. The molecule has 0 saturated heterocycles. The quantitative estimate of drug-likeness (QED) is 0.853. The maximum absolute atomic E-state index is 12.8. The van der Waals surface area contributed by atoms with Crippen LogP contribution in [0.25, 0.3) is 0 Å². The number of carbonyl (C=O) groups is 1. The Morgan fingerprint density at radius 1 is 1.30 bits per heavy atom. The van der Waals surface area contributed by atoms with Gasteiger partial charge in [-0.2, -0.15) is 0 Å². The molecule has 0 aliphatic rings. The van der Waals surface area contributed by atoms with Crippen LogP contribution in [0, 0.1) is 5.82 Å². The number of hydrogen-bond acceptors (Lipinski definition) is 2. The van der Waals surface area contributed by atoms with Crippen LogP contribution in [0.15, 0.2) is 47.2 Å². The standard InChI is InChI=1S/C15H14BrFN2O/c1-10(11-2-4-12(17)5-3-11)8-15(20)19-13-6-7-14(16)18-9-13/h2-7,9-10H,8H2,1H3,(H,19,20). The highest BCUT2D eigenvalue weighted by atomic mass is 79.9. The number of amides is 1. The number of halogens is 2. The molecule has 20 heavy (non-hydrogen) atoms. The third-order valence-electron chi connectivity index (χ3n) is 2.94. The fourth-order valence-corrected chi connectivity index (χ4v) is 2.08. The molecule has 0 aliphatic heterocycles. The highest BCUT2D eigenvalue weighted by Gasteiger charge is 2.11. The van der Waals surface area contributed by atoms with Crippen molar-refractivity contribution in [2.45, 2.75) is 19.3 Å². The van der Waals surface area contributed by atoms with Gasteiger partial charge in [0.1, 0.15) is 10.4 Å². The SMILES string of the molecule is CC(CC(=O)Nc1ccc(Br)nc1)c1ccc(F)cc1. The number of rotatable bonds is 4. The minimum absolute atomic E-state index is 0.0269. The first-order valence-corrected chi connectivity index (χ1v) is 7.01. The van der Waals surface area contributed by atoms with Crippen LogP contribution in [0.3, 0.4) is 0 Å². The van der Waals surface area contributed by atoms with Crippen LogP contribution in [0.5, 0.6) is 0 Å². The van der Waals surface area contributed by atoms with E-state index in [-0.39, 0.29) is 17.6 Å². The van der Waals surface area contributed by atoms with Crippen molar-refractivity contribution in [2.24, 2.45) is 0 Å². The molecular weight excluding hydrogens is 323 g/mol. The molecule has 3 nitrogen and oxygen atoms in total. The van der Waals surface area contributed by atoms with Gasteiger partial charge in [0.25, 0.3) is 0 Å². The molecule has 0 aliphatic carbocycles. The molecule has 0 radical (unpaired) electrons. The number of hydrogen-bond donors (Lipinski definition) is 1. The second kappa shape index (κ2) is 6.61. The van der Waals surface area contributed by atoms with Gasteiger partial charge in [0.2, 0.25) is 5.91 Å². The number of nitrogens with one attached hydrogen (secondary N) is 1. The summed E-state index contributed by atoms with van der Waals surface area (Å²) >= 11 is 3.23. The topological polar surface area (TPSA) is 42.0 Å². The molecule has 0 spiro atoms. The summed E-state index contributed by atoms with van der Waals surface area (Å²) in [5, 5.41) is 2.78. The first-order chi connectivity index (χ1) is 9.54. The zero-order chi connectivity index (χ0) is 14.5. The fraction of sp³-hybridized carbons (Fsp3) is 0.200. The maximum atomic E-state index is 12.8. The predicted octanol–water partition coefficient (Wildman–Crippen LogP) is 4.12. The monoisotopic (exact) mass is 336 g/mol. The van der Waals surface area contributed by atoms with Crippen molar-refractivity contribution in [3.8, 4) is 0 Å². The van der Waals surface area contributed by atoms with Gasteiger partial charge in [0, 0.05) is 6.42 Å². The molecule has 0 bridgehead atoms. The van der Waals surface area contributed by atoms with E-state index in [4.69, 9.17) is 0 Å². The Labute approximate surface area is 125 Å². The predicted molar refractivity (Wildman–Crippen MR) is 80.0 cm³/mol. The van der Waals surface area contributed by atoms with E-state index in [1.165, 1.54) is 12.1 Å². The smallest absolute Gasteiger partial charge is 0.225 e. The highest BCUT2D eigenvalue weighted by Crippen LogP contribution is 2.20. The number of carbonyl (C=O) groups excluding carboxylic acids is 1. The van der Waals surface area contributed by atoms with Gasteiger partial charge in [-0.15, -0.1) is 0 Å². The van der Waals surface area contributed by atoms with Crippen molar-refractivity contribution in [1.29, 1.82) is 0 Å². The Morgan fingerprint density at radius 2 is 2.00 bits per heavy atom.